The number of hydrogen-bond donors (Lipinski definition) is 1. The Bertz CT molecular complexity index is 137. The molecule has 0 saturated carbocycles. The summed E-state index contributed by atoms with van der Waals surface area (Å²) in [4.78, 5) is 12.6. The van der Waals surface area contributed by atoms with Gasteiger partial charge in [-0.05, 0) is 18.8 Å². The number of hydrogen-bond acceptors (Lipinski definition) is 2. The first-order valence-corrected chi connectivity index (χ1v) is 5.05. The number of amides is 1. The number of carbonyl (C=O) groups is 1. The summed E-state index contributed by atoms with van der Waals surface area (Å²) in [6.45, 7) is 8.49. The first kappa shape index (κ1) is 12.4. The molecule has 0 unspecified atom stereocenters. The summed E-state index contributed by atoms with van der Waals surface area (Å²) in [5.74, 6) is 0.924. The van der Waals surface area contributed by atoms with E-state index in [1.54, 1.807) is 0 Å². The second-order valence-electron chi connectivity index (χ2n) is 4.02. The van der Waals surface area contributed by atoms with Gasteiger partial charge in [0.25, 0.3) is 0 Å². The van der Waals surface area contributed by atoms with Gasteiger partial charge in [0.1, 0.15) is 0 Å². The molecule has 0 aromatic rings. The Balaban J connectivity index is 0.000000310. The number of carbonyl (C=O) groups excluding carboxylic acids is 1. The van der Waals surface area contributed by atoms with Crippen molar-refractivity contribution in [3.63, 3.8) is 0 Å². The van der Waals surface area contributed by atoms with Gasteiger partial charge in [-0.1, -0.05) is 20.8 Å². The first-order valence-electron chi connectivity index (χ1n) is 5.05. The van der Waals surface area contributed by atoms with E-state index in [0.717, 1.165) is 31.8 Å². The fraction of sp³-hybridized carbons (Fsp3) is 0.900. The molecule has 0 bridgehead atoms. The third-order valence-electron chi connectivity index (χ3n) is 1.63. The average molecular weight is 186 g/mol. The molecule has 1 amide bonds. The molecule has 3 heteroatoms. The summed E-state index contributed by atoms with van der Waals surface area (Å²) < 4.78 is 0. The summed E-state index contributed by atoms with van der Waals surface area (Å²) in [6.07, 6.45) is 2.29. The maximum atomic E-state index is 10.8. The van der Waals surface area contributed by atoms with E-state index >= 15 is 0 Å². The first-order chi connectivity index (χ1) is 6.07. The minimum Gasteiger partial charge on any atom is -0.342 e. The van der Waals surface area contributed by atoms with Crippen LogP contribution in [0.4, 0.5) is 0 Å². The Morgan fingerprint density at radius 3 is 2.00 bits per heavy atom. The molecule has 0 aromatic carbocycles. The third-order valence-corrected chi connectivity index (χ3v) is 1.63. The Labute approximate surface area is 81.3 Å². The predicted octanol–water partition coefficient (Wildman–Crippen LogP) is 1.23. The van der Waals surface area contributed by atoms with Crippen LogP contribution in [0, 0.1) is 5.92 Å². The van der Waals surface area contributed by atoms with Gasteiger partial charge in [0.15, 0.2) is 0 Å². The zero-order valence-corrected chi connectivity index (χ0v) is 9.05. The molecule has 13 heavy (non-hydrogen) atoms. The van der Waals surface area contributed by atoms with Crippen LogP contribution in [-0.4, -0.2) is 30.4 Å². The van der Waals surface area contributed by atoms with E-state index in [2.05, 4.69) is 20.8 Å². The van der Waals surface area contributed by atoms with Crippen molar-refractivity contribution >= 4 is 5.91 Å². The van der Waals surface area contributed by atoms with Crippen LogP contribution >= 0.6 is 0 Å². The Kier molecular flexibility index (Phi) is 6.59. The van der Waals surface area contributed by atoms with E-state index < -0.39 is 0 Å². The number of nitrogens with zero attached hydrogens (tertiary/aromatic N) is 1. The van der Waals surface area contributed by atoms with Crippen LogP contribution in [0.1, 0.15) is 33.6 Å². The molecule has 0 spiro atoms. The van der Waals surface area contributed by atoms with Crippen molar-refractivity contribution in [2.45, 2.75) is 33.6 Å². The van der Waals surface area contributed by atoms with E-state index in [4.69, 9.17) is 5.73 Å². The van der Waals surface area contributed by atoms with Crippen LogP contribution in [0.5, 0.6) is 0 Å². The lowest BCUT2D eigenvalue weighted by Crippen LogP contribution is -2.33. The number of nitrogens with two attached hydrogens (primary N) is 1. The normalized spacial score (nSPS) is 15.6. The van der Waals surface area contributed by atoms with Gasteiger partial charge in [0, 0.05) is 13.1 Å². The molecule has 0 aromatic heterocycles. The molecule has 1 fully saturated rings. The van der Waals surface area contributed by atoms with Gasteiger partial charge >= 0.3 is 0 Å². The van der Waals surface area contributed by atoms with Gasteiger partial charge in [0.2, 0.25) is 5.91 Å². The van der Waals surface area contributed by atoms with Crippen molar-refractivity contribution in [3.8, 4) is 0 Å². The highest BCUT2D eigenvalue weighted by Crippen LogP contribution is 2.05. The molecule has 1 aliphatic heterocycles. The smallest absolute Gasteiger partial charge is 0.236 e. The second kappa shape index (κ2) is 6.89. The standard InChI is InChI=1S/C6H12N2O.C4H10/c7-5-6(9)8-3-1-2-4-8;1-4(2)3/h1-5,7H2;4H,1-3H3. The van der Waals surface area contributed by atoms with Gasteiger partial charge in [-0.25, -0.2) is 0 Å². The second-order valence-corrected chi connectivity index (χ2v) is 4.02. The lowest BCUT2D eigenvalue weighted by molar-refractivity contribution is -0.128. The molecule has 1 aliphatic rings. The largest absolute Gasteiger partial charge is 0.342 e. The molecule has 1 heterocycles. The highest BCUT2D eigenvalue weighted by atomic mass is 16.2. The Hall–Kier alpha value is -0.570. The summed E-state index contributed by atoms with van der Waals surface area (Å²) in [7, 11) is 0. The highest BCUT2D eigenvalue weighted by molar-refractivity contribution is 5.78. The Morgan fingerprint density at radius 2 is 1.69 bits per heavy atom. The van der Waals surface area contributed by atoms with Gasteiger partial charge in [-0.2, -0.15) is 0 Å². The van der Waals surface area contributed by atoms with Crippen LogP contribution in [-0.2, 0) is 4.79 Å². The SMILES string of the molecule is CC(C)C.NCC(=O)N1CCCC1. The van der Waals surface area contributed by atoms with Crippen LogP contribution in [0.25, 0.3) is 0 Å². The summed E-state index contributed by atoms with van der Waals surface area (Å²) in [5, 5.41) is 0. The third kappa shape index (κ3) is 6.58. The van der Waals surface area contributed by atoms with E-state index in [1.165, 1.54) is 0 Å². The summed E-state index contributed by atoms with van der Waals surface area (Å²) in [5.41, 5.74) is 5.16. The van der Waals surface area contributed by atoms with E-state index in [1.807, 2.05) is 4.90 Å². The van der Waals surface area contributed by atoms with Crippen molar-refractivity contribution in [2.24, 2.45) is 11.7 Å². The highest BCUT2D eigenvalue weighted by Gasteiger charge is 2.15. The van der Waals surface area contributed by atoms with Crippen molar-refractivity contribution in [2.75, 3.05) is 19.6 Å². The summed E-state index contributed by atoms with van der Waals surface area (Å²) >= 11 is 0. The topological polar surface area (TPSA) is 46.3 Å². The summed E-state index contributed by atoms with van der Waals surface area (Å²) in [6, 6.07) is 0. The molecule has 0 aliphatic carbocycles. The van der Waals surface area contributed by atoms with Gasteiger partial charge < -0.3 is 10.6 Å². The van der Waals surface area contributed by atoms with Crippen molar-refractivity contribution < 1.29 is 4.79 Å². The van der Waals surface area contributed by atoms with E-state index in [-0.39, 0.29) is 12.5 Å². The monoisotopic (exact) mass is 186 g/mol. The average Bonchev–Trinajstić information content (AvgIpc) is 2.54. The van der Waals surface area contributed by atoms with Crippen LogP contribution in [0.3, 0.4) is 0 Å². The molecular formula is C10H22N2O. The zero-order valence-electron chi connectivity index (χ0n) is 9.05. The minimum atomic E-state index is 0.0903. The predicted molar refractivity (Wildman–Crippen MR) is 55.4 cm³/mol. The van der Waals surface area contributed by atoms with Gasteiger partial charge in [-0.15, -0.1) is 0 Å². The fourth-order valence-corrected chi connectivity index (χ4v) is 1.10. The quantitative estimate of drug-likeness (QED) is 0.669. The van der Waals surface area contributed by atoms with Crippen molar-refractivity contribution in [1.29, 1.82) is 0 Å². The van der Waals surface area contributed by atoms with E-state index in [9.17, 15) is 4.79 Å². The van der Waals surface area contributed by atoms with Gasteiger partial charge in [-0.3, -0.25) is 4.79 Å². The van der Waals surface area contributed by atoms with Gasteiger partial charge in [0.05, 0.1) is 6.54 Å². The lowest BCUT2D eigenvalue weighted by atomic mass is 10.3. The van der Waals surface area contributed by atoms with E-state index in [0.29, 0.717) is 0 Å². The molecule has 2 N–H and O–H groups in total. The lowest BCUT2D eigenvalue weighted by Gasteiger charge is -2.12. The maximum absolute atomic E-state index is 10.8. The molecule has 3 nitrogen and oxygen atoms in total. The molecule has 0 atom stereocenters. The molecule has 1 saturated heterocycles. The fourth-order valence-electron chi connectivity index (χ4n) is 1.10. The molecule has 0 radical (unpaired) electrons. The van der Waals surface area contributed by atoms with Crippen molar-refractivity contribution in [3.05, 3.63) is 0 Å². The maximum Gasteiger partial charge on any atom is 0.236 e. The Morgan fingerprint density at radius 1 is 1.31 bits per heavy atom. The van der Waals surface area contributed by atoms with Crippen LogP contribution < -0.4 is 5.73 Å². The van der Waals surface area contributed by atoms with Crippen LogP contribution in [0.15, 0.2) is 0 Å². The zero-order chi connectivity index (χ0) is 10.3. The van der Waals surface area contributed by atoms with Crippen LogP contribution in [0.2, 0.25) is 0 Å². The molecular weight excluding hydrogens is 164 g/mol. The minimum absolute atomic E-state index is 0.0903. The van der Waals surface area contributed by atoms with Crippen molar-refractivity contribution in [1.82, 2.24) is 4.90 Å². The molecule has 78 valence electrons. The molecule has 1 rings (SSSR count). The number of rotatable bonds is 1. The number of likely N-dealkylation sites (tertiary alicyclic amines) is 1.